The number of ether oxygens (including phenoxy) is 2. The van der Waals surface area contributed by atoms with Crippen LogP contribution in [-0.4, -0.2) is 69.8 Å². The van der Waals surface area contributed by atoms with Crippen molar-refractivity contribution in [1.29, 1.82) is 0 Å². The molecule has 2 aliphatic heterocycles. The normalized spacial score (nSPS) is 16.4. The zero-order valence-electron chi connectivity index (χ0n) is 23.3. The molecule has 8 heteroatoms. The molecule has 0 saturated carbocycles. The Kier molecular flexibility index (Phi) is 8.98. The molecule has 210 valence electrons. The lowest BCUT2D eigenvalue weighted by Crippen LogP contribution is -2.36. The van der Waals surface area contributed by atoms with Gasteiger partial charge in [0.05, 0.1) is 19.8 Å². The highest BCUT2D eigenvalue weighted by Crippen LogP contribution is 2.24. The van der Waals surface area contributed by atoms with E-state index in [4.69, 9.17) is 9.47 Å². The average molecular weight is 543 g/mol. The lowest BCUT2D eigenvalue weighted by atomic mass is 9.98. The minimum absolute atomic E-state index is 0.202. The van der Waals surface area contributed by atoms with Gasteiger partial charge in [-0.2, -0.15) is 0 Å². The first-order valence-corrected chi connectivity index (χ1v) is 14.0. The molecule has 0 aromatic heterocycles. The van der Waals surface area contributed by atoms with Gasteiger partial charge in [-0.15, -0.1) is 0 Å². The second-order valence-electron chi connectivity index (χ2n) is 10.7. The maximum atomic E-state index is 13.0. The number of likely N-dealkylation sites (tertiary alicyclic amines) is 1. The number of morpholine rings is 1. The fraction of sp³-hybridized carbons (Fsp3) is 0.375. The van der Waals surface area contributed by atoms with Gasteiger partial charge in [0.1, 0.15) is 5.75 Å². The number of piperidine rings is 1. The van der Waals surface area contributed by atoms with Crippen LogP contribution < -0.4 is 20.3 Å². The maximum absolute atomic E-state index is 13.0. The van der Waals surface area contributed by atoms with Crippen molar-refractivity contribution in [3.8, 4) is 5.75 Å². The molecule has 2 saturated heterocycles. The summed E-state index contributed by atoms with van der Waals surface area (Å²) >= 11 is 0. The fourth-order valence-corrected chi connectivity index (χ4v) is 5.04. The standard InChI is InChI=1S/C32H38N4O4/c1-23-6-9-27(33-32(38)26-4-3-5-28(20-26)36-16-18-39-19-17-36)21-30(23)34-31(37)25-7-10-29(11-8-25)40-22-24-12-14-35(2)15-13-24/h3-11,20-21,24H,12-19,22H2,1-2H3,(H,33,38)(H,34,37). The van der Waals surface area contributed by atoms with Crippen molar-refractivity contribution < 1.29 is 19.1 Å². The average Bonchev–Trinajstić information content (AvgIpc) is 2.99. The molecule has 3 aromatic rings. The van der Waals surface area contributed by atoms with Gasteiger partial charge < -0.3 is 29.9 Å². The van der Waals surface area contributed by atoms with Gasteiger partial charge in [-0.25, -0.2) is 0 Å². The summed E-state index contributed by atoms with van der Waals surface area (Å²) in [7, 11) is 2.15. The van der Waals surface area contributed by atoms with Gasteiger partial charge >= 0.3 is 0 Å². The van der Waals surface area contributed by atoms with Gasteiger partial charge in [0.15, 0.2) is 0 Å². The second-order valence-corrected chi connectivity index (χ2v) is 10.7. The first kappa shape index (κ1) is 27.7. The van der Waals surface area contributed by atoms with E-state index < -0.39 is 0 Å². The number of benzene rings is 3. The van der Waals surface area contributed by atoms with Crippen molar-refractivity contribution >= 4 is 28.9 Å². The van der Waals surface area contributed by atoms with Crippen molar-refractivity contribution in [1.82, 2.24) is 4.90 Å². The molecular formula is C32H38N4O4. The van der Waals surface area contributed by atoms with E-state index in [-0.39, 0.29) is 11.8 Å². The van der Waals surface area contributed by atoms with Gasteiger partial charge in [0.25, 0.3) is 11.8 Å². The van der Waals surface area contributed by atoms with Crippen molar-refractivity contribution in [3.63, 3.8) is 0 Å². The van der Waals surface area contributed by atoms with E-state index in [1.54, 1.807) is 24.3 Å². The molecule has 0 radical (unpaired) electrons. The molecule has 2 heterocycles. The van der Waals surface area contributed by atoms with Crippen LogP contribution in [0.5, 0.6) is 5.75 Å². The molecular weight excluding hydrogens is 504 g/mol. The predicted molar refractivity (Wildman–Crippen MR) is 159 cm³/mol. The summed E-state index contributed by atoms with van der Waals surface area (Å²) in [6, 6.07) is 20.4. The van der Waals surface area contributed by atoms with E-state index in [2.05, 4.69) is 27.5 Å². The summed E-state index contributed by atoms with van der Waals surface area (Å²) in [5, 5.41) is 5.95. The summed E-state index contributed by atoms with van der Waals surface area (Å²) < 4.78 is 11.4. The Morgan fingerprint density at radius 1 is 0.875 bits per heavy atom. The molecule has 3 aromatic carbocycles. The largest absolute Gasteiger partial charge is 0.493 e. The Morgan fingerprint density at radius 2 is 1.60 bits per heavy atom. The van der Waals surface area contributed by atoms with Gasteiger partial charge in [-0.3, -0.25) is 9.59 Å². The quantitative estimate of drug-likeness (QED) is 0.414. The highest BCUT2D eigenvalue weighted by atomic mass is 16.5. The van der Waals surface area contributed by atoms with Crippen LogP contribution in [0, 0.1) is 12.8 Å². The topological polar surface area (TPSA) is 83.1 Å². The summed E-state index contributed by atoms with van der Waals surface area (Å²) in [6.45, 7) is 7.83. The zero-order valence-corrected chi connectivity index (χ0v) is 23.3. The zero-order chi connectivity index (χ0) is 27.9. The number of hydrogen-bond donors (Lipinski definition) is 2. The smallest absolute Gasteiger partial charge is 0.255 e. The van der Waals surface area contributed by atoms with Crippen LogP contribution in [0.3, 0.4) is 0 Å². The maximum Gasteiger partial charge on any atom is 0.255 e. The first-order valence-electron chi connectivity index (χ1n) is 14.0. The lowest BCUT2D eigenvalue weighted by molar-refractivity contribution is 0.101. The minimum atomic E-state index is -0.216. The van der Waals surface area contributed by atoms with Crippen LogP contribution in [0.2, 0.25) is 0 Å². The first-order chi connectivity index (χ1) is 19.4. The number of anilines is 3. The highest BCUT2D eigenvalue weighted by molar-refractivity contribution is 6.07. The third-order valence-electron chi connectivity index (χ3n) is 7.67. The molecule has 2 amide bonds. The Labute approximate surface area is 236 Å². The molecule has 5 rings (SSSR count). The number of amides is 2. The lowest BCUT2D eigenvalue weighted by Gasteiger charge is -2.29. The van der Waals surface area contributed by atoms with Crippen LogP contribution >= 0.6 is 0 Å². The van der Waals surface area contributed by atoms with Crippen LogP contribution in [0.1, 0.15) is 39.1 Å². The molecule has 0 unspecified atom stereocenters. The fourth-order valence-electron chi connectivity index (χ4n) is 5.04. The van der Waals surface area contributed by atoms with Crippen LogP contribution in [0.25, 0.3) is 0 Å². The van der Waals surface area contributed by atoms with E-state index in [0.717, 1.165) is 56.0 Å². The van der Waals surface area contributed by atoms with E-state index in [1.165, 1.54) is 0 Å². The third-order valence-corrected chi connectivity index (χ3v) is 7.67. The second kappa shape index (κ2) is 13.0. The number of hydrogen-bond acceptors (Lipinski definition) is 6. The molecule has 0 bridgehead atoms. The molecule has 0 aliphatic carbocycles. The van der Waals surface area contributed by atoms with Gasteiger partial charge in [-0.1, -0.05) is 12.1 Å². The van der Waals surface area contributed by atoms with Crippen molar-refractivity contribution in [2.75, 3.05) is 68.6 Å². The van der Waals surface area contributed by atoms with Gasteiger partial charge in [0.2, 0.25) is 0 Å². The number of carbonyl (C=O) groups is 2. The van der Waals surface area contributed by atoms with E-state index in [1.807, 2.05) is 49.4 Å². The highest BCUT2D eigenvalue weighted by Gasteiger charge is 2.18. The van der Waals surface area contributed by atoms with E-state index >= 15 is 0 Å². The van der Waals surface area contributed by atoms with Gasteiger partial charge in [0, 0.05) is 41.3 Å². The Morgan fingerprint density at radius 3 is 2.35 bits per heavy atom. The van der Waals surface area contributed by atoms with Crippen molar-refractivity contribution in [2.45, 2.75) is 19.8 Å². The summed E-state index contributed by atoms with van der Waals surface area (Å²) in [5.41, 5.74) is 4.28. The van der Waals surface area contributed by atoms with Gasteiger partial charge in [-0.05, 0) is 106 Å². The number of nitrogens with zero attached hydrogens (tertiary/aromatic N) is 2. The summed E-state index contributed by atoms with van der Waals surface area (Å²) in [4.78, 5) is 30.6. The third kappa shape index (κ3) is 7.20. The summed E-state index contributed by atoms with van der Waals surface area (Å²) in [5.74, 6) is 0.927. The number of rotatable bonds is 8. The monoisotopic (exact) mass is 542 g/mol. The number of nitrogens with one attached hydrogen (secondary N) is 2. The molecule has 0 atom stereocenters. The minimum Gasteiger partial charge on any atom is -0.493 e. The Balaban J connectivity index is 1.18. The molecule has 2 N–H and O–H groups in total. The molecule has 8 nitrogen and oxygen atoms in total. The molecule has 2 aliphatic rings. The Hall–Kier alpha value is -3.88. The van der Waals surface area contributed by atoms with E-state index in [0.29, 0.717) is 48.2 Å². The number of aryl methyl sites for hydroxylation is 1. The van der Waals surface area contributed by atoms with Crippen LogP contribution in [0.4, 0.5) is 17.1 Å². The molecule has 40 heavy (non-hydrogen) atoms. The Bertz CT molecular complexity index is 1310. The van der Waals surface area contributed by atoms with Crippen molar-refractivity contribution in [2.24, 2.45) is 5.92 Å². The van der Waals surface area contributed by atoms with E-state index in [9.17, 15) is 9.59 Å². The number of carbonyl (C=O) groups excluding carboxylic acids is 2. The SMILES string of the molecule is Cc1ccc(NC(=O)c2cccc(N3CCOCC3)c2)cc1NC(=O)c1ccc(OCC2CCN(C)CC2)cc1. The van der Waals surface area contributed by atoms with Crippen molar-refractivity contribution in [3.05, 3.63) is 83.4 Å². The summed E-state index contributed by atoms with van der Waals surface area (Å²) in [6.07, 6.45) is 2.30. The molecule has 0 spiro atoms. The predicted octanol–water partition coefficient (Wildman–Crippen LogP) is 5.06. The molecule has 2 fully saturated rings. The van der Waals surface area contributed by atoms with Crippen LogP contribution in [-0.2, 0) is 4.74 Å². The van der Waals surface area contributed by atoms with Crippen LogP contribution in [0.15, 0.2) is 66.7 Å².